The predicted octanol–water partition coefficient (Wildman–Crippen LogP) is 3.72. The smallest absolute Gasteiger partial charge is 0.265 e. The first-order valence-electron chi connectivity index (χ1n) is 10.7. The summed E-state index contributed by atoms with van der Waals surface area (Å²) in [5.41, 5.74) is 4.64. The molecule has 0 bridgehead atoms. The number of hydrogen-bond donors (Lipinski definition) is 1. The molecule has 1 aliphatic heterocycles. The molecule has 1 unspecified atom stereocenters. The number of benzene rings is 2. The van der Waals surface area contributed by atoms with Gasteiger partial charge in [-0.2, -0.15) is 0 Å². The van der Waals surface area contributed by atoms with Crippen LogP contribution >= 0.6 is 0 Å². The van der Waals surface area contributed by atoms with Crippen molar-refractivity contribution in [3.63, 3.8) is 0 Å². The number of hydrogen-bond acceptors (Lipinski definition) is 4. The lowest BCUT2D eigenvalue weighted by Crippen LogP contribution is -2.44. The van der Waals surface area contributed by atoms with Crippen molar-refractivity contribution in [1.29, 1.82) is 0 Å². The summed E-state index contributed by atoms with van der Waals surface area (Å²) in [6.07, 6.45) is 4.02. The lowest BCUT2D eigenvalue weighted by Gasteiger charge is -2.34. The molecule has 1 N–H and O–H groups in total. The van der Waals surface area contributed by atoms with Gasteiger partial charge in [0.05, 0.1) is 0 Å². The van der Waals surface area contributed by atoms with Gasteiger partial charge in [0.25, 0.3) is 5.91 Å². The van der Waals surface area contributed by atoms with Gasteiger partial charge in [0.2, 0.25) is 0 Å². The Morgan fingerprint density at radius 1 is 1.00 bits per heavy atom. The Balaban J connectivity index is 1.35. The molecule has 29 heavy (non-hydrogen) atoms. The third-order valence-corrected chi connectivity index (χ3v) is 6.03. The van der Waals surface area contributed by atoms with Crippen molar-refractivity contribution in [1.82, 2.24) is 4.90 Å². The average Bonchev–Trinajstić information content (AvgIpc) is 2.75. The van der Waals surface area contributed by atoms with Crippen LogP contribution in [0.25, 0.3) is 0 Å². The zero-order valence-corrected chi connectivity index (χ0v) is 17.5. The maximum absolute atomic E-state index is 12.7. The number of nitrogens with zero attached hydrogens (tertiary/aromatic N) is 2. The van der Waals surface area contributed by atoms with Gasteiger partial charge in [0.1, 0.15) is 5.75 Å². The van der Waals surface area contributed by atoms with Crippen LogP contribution in [0.4, 0.5) is 11.4 Å². The van der Waals surface area contributed by atoms with E-state index < -0.39 is 6.10 Å². The van der Waals surface area contributed by atoms with Crippen LogP contribution in [-0.2, 0) is 17.6 Å². The molecule has 0 saturated carbocycles. The molecule has 1 aliphatic carbocycles. The lowest BCUT2D eigenvalue weighted by molar-refractivity contribution is -0.122. The molecule has 1 amide bonds. The second kappa shape index (κ2) is 8.87. The summed E-state index contributed by atoms with van der Waals surface area (Å²) in [7, 11) is 2.16. The van der Waals surface area contributed by atoms with Gasteiger partial charge in [-0.05, 0) is 81.1 Å². The van der Waals surface area contributed by atoms with Crippen LogP contribution in [-0.4, -0.2) is 50.1 Å². The monoisotopic (exact) mass is 393 g/mol. The first-order chi connectivity index (χ1) is 14.1. The van der Waals surface area contributed by atoms with Gasteiger partial charge in [-0.1, -0.05) is 12.1 Å². The second-order valence-corrected chi connectivity index (χ2v) is 8.19. The highest BCUT2D eigenvalue weighted by Gasteiger charge is 2.20. The molecule has 2 aromatic rings. The Morgan fingerprint density at radius 3 is 2.48 bits per heavy atom. The van der Waals surface area contributed by atoms with Crippen LogP contribution in [0.15, 0.2) is 42.5 Å². The summed E-state index contributed by atoms with van der Waals surface area (Å²) in [6, 6.07) is 14.3. The first-order valence-corrected chi connectivity index (χ1v) is 10.7. The number of nitrogens with one attached hydrogen (secondary N) is 1. The molecule has 0 aromatic heterocycles. The number of rotatable bonds is 5. The maximum atomic E-state index is 12.7. The standard InChI is InChI=1S/C24H31N3O2/c1-18(29-23-9-5-7-19-6-3-4-8-22(19)23)24(28)25-20-10-12-21(13-11-20)27-16-14-26(2)15-17-27/h5,7,9-13,18H,3-4,6,8,14-17H2,1-2H3,(H,25,28). The normalized spacial score (nSPS) is 18.1. The maximum Gasteiger partial charge on any atom is 0.265 e. The fourth-order valence-electron chi connectivity index (χ4n) is 4.16. The summed E-state index contributed by atoms with van der Waals surface area (Å²) in [4.78, 5) is 17.4. The van der Waals surface area contributed by atoms with E-state index in [-0.39, 0.29) is 5.91 Å². The van der Waals surface area contributed by atoms with Gasteiger partial charge in [-0.25, -0.2) is 0 Å². The summed E-state index contributed by atoms with van der Waals surface area (Å²) in [5.74, 6) is 0.737. The van der Waals surface area contributed by atoms with E-state index in [1.54, 1.807) is 0 Å². The minimum atomic E-state index is -0.541. The number of aryl methyl sites for hydroxylation is 1. The molecule has 1 atom stereocenters. The minimum Gasteiger partial charge on any atom is -0.481 e. The van der Waals surface area contributed by atoms with Crippen molar-refractivity contribution in [2.45, 2.75) is 38.7 Å². The number of carbonyl (C=O) groups excluding carboxylic acids is 1. The van der Waals surface area contributed by atoms with Crippen molar-refractivity contribution in [3.05, 3.63) is 53.6 Å². The predicted molar refractivity (Wildman–Crippen MR) is 118 cm³/mol. The molecular formula is C24H31N3O2. The van der Waals surface area contributed by atoms with Crippen molar-refractivity contribution in [2.24, 2.45) is 0 Å². The Bertz CT molecular complexity index is 842. The van der Waals surface area contributed by atoms with Crippen LogP contribution in [0.3, 0.4) is 0 Å². The molecule has 2 aliphatic rings. The molecule has 5 heteroatoms. The Morgan fingerprint density at radius 2 is 1.72 bits per heavy atom. The molecular weight excluding hydrogens is 362 g/mol. The van der Waals surface area contributed by atoms with E-state index in [9.17, 15) is 4.79 Å². The molecule has 154 valence electrons. The van der Waals surface area contributed by atoms with E-state index >= 15 is 0 Å². The van der Waals surface area contributed by atoms with Gasteiger partial charge >= 0.3 is 0 Å². The number of anilines is 2. The summed E-state index contributed by atoms with van der Waals surface area (Å²) in [5, 5.41) is 2.99. The number of amides is 1. The molecule has 1 heterocycles. The topological polar surface area (TPSA) is 44.8 Å². The Labute approximate surface area is 173 Å². The van der Waals surface area contributed by atoms with Gasteiger partial charge in [0, 0.05) is 37.6 Å². The van der Waals surface area contributed by atoms with Crippen LogP contribution in [0, 0.1) is 0 Å². The van der Waals surface area contributed by atoms with Crippen LogP contribution in [0.5, 0.6) is 5.75 Å². The summed E-state index contributed by atoms with van der Waals surface area (Å²) < 4.78 is 6.05. The van der Waals surface area contributed by atoms with Crippen molar-refractivity contribution >= 4 is 17.3 Å². The van der Waals surface area contributed by atoms with E-state index in [2.05, 4.69) is 40.4 Å². The third kappa shape index (κ3) is 4.73. The van der Waals surface area contributed by atoms with E-state index in [0.717, 1.165) is 50.5 Å². The van der Waals surface area contributed by atoms with Crippen molar-refractivity contribution in [2.75, 3.05) is 43.4 Å². The van der Waals surface area contributed by atoms with E-state index in [1.165, 1.54) is 29.7 Å². The molecule has 1 saturated heterocycles. The average molecular weight is 394 g/mol. The van der Waals surface area contributed by atoms with E-state index in [1.807, 2.05) is 31.2 Å². The lowest BCUT2D eigenvalue weighted by atomic mass is 9.91. The number of piperazine rings is 1. The van der Waals surface area contributed by atoms with E-state index in [4.69, 9.17) is 4.74 Å². The molecule has 5 nitrogen and oxygen atoms in total. The van der Waals surface area contributed by atoms with Gasteiger partial charge in [-0.3, -0.25) is 4.79 Å². The van der Waals surface area contributed by atoms with Crippen LogP contribution in [0.2, 0.25) is 0 Å². The minimum absolute atomic E-state index is 0.120. The third-order valence-electron chi connectivity index (χ3n) is 6.03. The van der Waals surface area contributed by atoms with Gasteiger partial charge in [0.15, 0.2) is 6.10 Å². The van der Waals surface area contributed by atoms with E-state index in [0.29, 0.717) is 0 Å². The highest BCUT2D eigenvalue weighted by molar-refractivity contribution is 5.94. The Kier molecular flexibility index (Phi) is 6.05. The van der Waals surface area contributed by atoms with Crippen LogP contribution < -0.4 is 15.0 Å². The highest BCUT2D eigenvalue weighted by Crippen LogP contribution is 2.30. The number of ether oxygens (including phenoxy) is 1. The zero-order chi connectivity index (χ0) is 20.2. The first kappa shape index (κ1) is 19.8. The SMILES string of the molecule is CC(Oc1cccc2c1CCCC2)C(=O)Nc1ccc(N2CCN(C)CC2)cc1. The zero-order valence-electron chi connectivity index (χ0n) is 17.5. The Hall–Kier alpha value is -2.53. The fraction of sp³-hybridized carbons (Fsp3) is 0.458. The highest BCUT2D eigenvalue weighted by atomic mass is 16.5. The molecule has 0 spiro atoms. The van der Waals surface area contributed by atoms with Gasteiger partial charge in [-0.15, -0.1) is 0 Å². The molecule has 0 radical (unpaired) electrons. The largest absolute Gasteiger partial charge is 0.481 e. The summed E-state index contributed by atoms with van der Waals surface area (Å²) >= 11 is 0. The second-order valence-electron chi connectivity index (χ2n) is 8.19. The fourth-order valence-corrected chi connectivity index (χ4v) is 4.16. The van der Waals surface area contributed by atoms with Gasteiger partial charge < -0.3 is 19.9 Å². The van der Waals surface area contributed by atoms with Crippen molar-refractivity contribution in [3.8, 4) is 5.75 Å². The molecule has 1 fully saturated rings. The summed E-state index contributed by atoms with van der Waals surface area (Å²) in [6.45, 7) is 6.05. The van der Waals surface area contributed by atoms with Crippen molar-refractivity contribution < 1.29 is 9.53 Å². The quantitative estimate of drug-likeness (QED) is 0.841. The number of fused-ring (bicyclic) bond motifs is 1. The molecule has 2 aromatic carbocycles. The molecule has 4 rings (SSSR count). The van der Waals surface area contributed by atoms with Crippen LogP contribution in [0.1, 0.15) is 30.9 Å². The number of carbonyl (C=O) groups is 1. The number of likely N-dealkylation sites (N-methyl/N-ethyl adjacent to an activating group) is 1.